The van der Waals surface area contributed by atoms with E-state index in [0.29, 0.717) is 35.3 Å². The Bertz CT molecular complexity index is 981. The third-order valence-corrected chi connectivity index (χ3v) is 7.35. The van der Waals surface area contributed by atoms with Gasteiger partial charge in [-0.25, -0.2) is 0 Å². The first-order valence-corrected chi connectivity index (χ1v) is 11.4. The fourth-order valence-corrected chi connectivity index (χ4v) is 5.90. The Kier molecular flexibility index (Phi) is 5.58. The van der Waals surface area contributed by atoms with E-state index in [2.05, 4.69) is 0 Å². The maximum Gasteiger partial charge on any atom is 0.268 e. The van der Waals surface area contributed by atoms with E-state index in [-0.39, 0.29) is 17.7 Å². The van der Waals surface area contributed by atoms with Crippen molar-refractivity contribution in [1.82, 2.24) is 4.90 Å². The van der Waals surface area contributed by atoms with Crippen LogP contribution in [0.4, 0.5) is 5.69 Å². The lowest BCUT2D eigenvalue weighted by Crippen LogP contribution is -2.50. The number of fused-ring (bicyclic) bond motifs is 2. The quantitative estimate of drug-likeness (QED) is 0.635. The Morgan fingerprint density at radius 3 is 2.69 bits per heavy atom. The molecular weight excluding hydrogens is 427 g/mol. The van der Waals surface area contributed by atoms with Crippen molar-refractivity contribution in [3.8, 4) is 0 Å². The smallest absolute Gasteiger partial charge is 0.268 e. The summed E-state index contributed by atoms with van der Waals surface area (Å²) in [6, 6.07) is 13.0. The van der Waals surface area contributed by atoms with Crippen molar-refractivity contribution in [3.05, 3.63) is 63.6 Å². The highest BCUT2D eigenvalue weighted by atomic mass is 35.5. The number of benzene rings is 2. The van der Waals surface area contributed by atoms with Gasteiger partial charge in [0.2, 0.25) is 5.91 Å². The monoisotopic (exact) mass is 448 g/mol. The van der Waals surface area contributed by atoms with Gasteiger partial charge in [-0.15, -0.1) is 11.8 Å². The van der Waals surface area contributed by atoms with Crippen molar-refractivity contribution >= 4 is 52.5 Å². The number of hydrogen-bond donors (Lipinski definition) is 0. The first-order chi connectivity index (χ1) is 13.8. The largest absolute Gasteiger partial charge is 0.315 e. The molecule has 2 aromatic rings. The molecular formula is C22H22Cl2N2O2S. The standard InChI is InChI=1S/C22H22Cl2N2O2S/c1-14(2)11-20(27)26-9-10-29-22(26)17-12-16(23)7-8-19(17)25(21(22)28)13-15-5-3-4-6-18(15)24/h3-8,12,14H,9-11,13H2,1-2H3/t22-/m0/s1. The highest BCUT2D eigenvalue weighted by Gasteiger charge is 2.59. The average molecular weight is 449 g/mol. The number of amides is 2. The van der Waals surface area contributed by atoms with Crippen LogP contribution in [-0.4, -0.2) is 29.0 Å². The molecule has 0 radical (unpaired) electrons. The van der Waals surface area contributed by atoms with Gasteiger partial charge >= 0.3 is 0 Å². The lowest BCUT2D eigenvalue weighted by molar-refractivity contribution is -0.140. The van der Waals surface area contributed by atoms with Gasteiger partial charge in [0.1, 0.15) is 0 Å². The summed E-state index contributed by atoms with van der Waals surface area (Å²) in [6.07, 6.45) is 0.413. The minimum absolute atomic E-state index is 0.00358. The number of carbonyl (C=O) groups excluding carboxylic acids is 2. The van der Waals surface area contributed by atoms with Gasteiger partial charge in [-0.3, -0.25) is 9.59 Å². The van der Waals surface area contributed by atoms with Crippen LogP contribution in [0.5, 0.6) is 0 Å². The van der Waals surface area contributed by atoms with Gasteiger partial charge in [0, 0.05) is 34.3 Å². The summed E-state index contributed by atoms with van der Waals surface area (Å²) in [7, 11) is 0. The van der Waals surface area contributed by atoms with Gasteiger partial charge in [-0.1, -0.05) is 55.2 Å². The van der Waals surface area contributed by atoms with Gasteiger partial charge in [0.25, 0.3) is 5.91 Å². The van der Waals surface area contributed by atoms with Gasteiger partial charge in [0.05, 0.1) is 12.2 Å². The minimum Gasteiger partial charge on any atom is -0.315 e. The molecule has 0 unspecified atom stereocenters. The van der Waals surface area contributed by atoms with Crippen LogP contribution in [0, 0.1) is 5.92 Å². The fraction of sp³-hybridized carbons (Fsp3) is 0.364. The van der Waals surface area contributed by atoms with Gasteiger partial charge in [-0.05, 0) is 35.7 Å². The van der Waals surface area contributed by atoms with Gasteiger partial charge in [0.15, 0.2) is 4.87 Å². The molecule has 29 heavy (non-hydrogen) atoms. The molecule has 1 spiro atoms. The Morgan fingerprint density at radius 2 is 1.97 bits per heavy atom. The maximum absolute atomic E-state index is 13.8. The molecule has 0 aromatic heterocycles. The predicted molar refractivity (Wildman–Crippen MR) is 119 cm³/mol. The zero-order chi connectivity index (χ0) is 20.8. The Labute approximate surface area is 185 Å². The second-order valence-corrected chi connectivity index (χ2v) is 9.91. The van der Waals surface area contributed by atoms with E-state index in [4.69, 9.17) is 23.2 Å². The van der Waals surface area contributed by atoms with Gasteiger partial charge in [-0.2, -0.15) is 0 Å². The highest BCUT2D eigenvalue weighted by Crippen LogP contribution is 2.55. The number of anilines is 1. The molecule has 1 atom stereocenters. The molecule has 0 bridgehead atoms. The van der Waals surface area contributed by atoms with Crippen molar-refractivity contribution < 1.29 is 9.59 Å². The van der Waals surface area contributed by atoms with E-state index < -0.39 is 4.87 Å². The molecule has 152 valence electrons. The van der Waals surface area contributed by atoms with Crippen molar-refractivity contribution in [1.29, 1.82) is 0 Å². The van der Waals surface area contributed by atoms with Crippen LogP contribution in [0.2, 0.25) is 10.0 Å². The van der Waals surface area contributed by atoms with Gasteiger partial charge < -0.3 is 9.80 Å². The number of thioether (sulfide) groups is 1. The Hall–Kier alpha value is -1.69. The minimum atomic E-state index is -1.05. The molecule has 0 N–H and O–H groups in total. The van der Waals surface area contributed by atoms with Crippen LogP contribution in [-0.2, 0) is 21.0 Å². The summed E-state index contributed by atoms with van der Waals surface area (Å²) < 4.78 is 0. The zero-order valence-electron chi connectivity index (χ0n) is 16.3. The third kappa shape index (κ3) is 3.43. The summed E-state index contributed by atoms with van der Waals surface area (Å²) in [6.45, 7) is 4.92. The summed E-state index contributed by atoms with van der Waals surface area (Å²) >= 11 is 14.2. The second kappa shape index (κ2) is 7.86. The molecule has 4 rings (SSSR count). The Morgan fingerprint density at radius 1 is 1.21 bits per heavy atom. The number of carbonyl (C=O) groups is 2. The van der Waals surface area contributed by atoms with Crippen molar-refractivity contribution in [2.45, 2.75) is 31.7 Å². The van der Waals surface area contributed by atoms with Crippen LogP contribution >= 0.6 is 35.0 Å². The number of hydrogen-bond acceptors (Lipinski definition) is 3. The fourth-order valence-electron chi connectivity index (χ4n) is 4.06. The molecule has 0 aliphatic carbocycles. The zero-order valence-corrected chi connectivity index (χ0v) is 18.7. The van der Waals surface area contributed by atoms with Crippen molar-refractivity contribution in [2.75, 3.05) is 17.2 Å². The highest BCUT2D eigenvalue weighted by molar-refractivity contribution is 8.01. The van der Waals surface area contributed by atoms with E-state index >= 15 is 0 Å². The summed E-state index contributed by atoms with van der Waals surface area (Å²) in [4.78, 5) is 29.3. The topological polar surface area (TPSA) is 40.6 Å². The molecule has 2 heterocycles. The Balaban J connectivity index is 1.80. The average Bonchev–Trinajstić information content (AvgIpc) is 3.20. The van der Waals surface area contributed by atoms with Crippen LogP contribution in [0.15, 0.2) is 42.5 Å². The molecule has 0 saturated carbocycles. The molecule has 4 nitrogen and oxygen atoms in total. The first kappa shape index (κ1) is 20.6. The third-order valence-electron chi connectivity index (χ3n) is 5.33. The van der Waals surface area contributed by atoms with E-state index in [9.17, 15) is 9.59 Å². The van der Waals surface area contributed by atoms with Crippen LogP contribution in [0.3, 0.4) is 0 Å². The molecule has 7 heteroatoms. The van der Waals surface area contributed by atoms with E-state index in [1.54, 1.807) is 15.9 Å². The number of nitrogens with zero attached hydrogens (tertiary/aromatic N) is 2. The van der Waals surface area contributed by atoms with E-state index in [1.807, 2.05) is 50.2 Å². The molecule has 2 amide bonds. The molecule has 2 aliphatic heterocycles. The molecule has 2 aromatic carbocycles. The molecule has 1 saturated heterocycles. The lowest BCUT2D eigenvalue weighted by atomic mass is 10.0. The van der Waals surface area contributed by atoms with Crippen molar-refractivity contribution in [2.24, 2.45) is 5.92 Å². The predicted octanol–water partition coefficient (Wildman–Crippen LogP) is 5.31. The summed E-state index contributed by atoms with van der Waals surface area (Å²) in [5, 5.41) is 1.17. The normalized spacial score (nSPS) is 20.8. The van der Waals surface area contributed by atoms with Crippen LogP contribution < -0.4 is 4.90 Å². The maximum atomic E-state index is 13.8. The molecule has 2 aliphatic rings. The number of rotatable bonds is 4. The van der Waals surface area contributed by atoms with Crippen molar-refractivity contribution in [3.63, 3.8) is 0 Å². The summed E-state index contributed by atoms with van der Waals surface area (Å²) in [5.41, 5.74) is 2.45. The second-order valence-electron chi connectivity index (χ2n) is 7.78. The first-order valence-electron chi connectivity index (χ1n) is 9.64. The molecule has 1 fully saturated rings. The summed E-state index contributed by atoms with van der Waals surface area (Å²) in [5.74, 6) is 0.833. The number of halogens is 2. The lowest BCUT2D eigenvalue weighted by Gasteiger charge is -2.33. The van der Waals surface area contributed by atoms with E-state index in [0.717, 1.165) is 16.8 Å². The van der Waals surface area contributed by atoms with E-state index in [1.165, 1.54) is 11.8 Å². The van der Waals surface area contributed by atoms with Crippen LogP contribution in [0.1, 0.15) is 31.4 Å². The van der Waals surface area contributed by atoms with Crippen LogP contribution in [0.25, 0.3) is 0 Å². The SMILES string of the molecule is CC(C)CC(=O)N1CCS[C@@]12C(=O)N(Cc1ccccc1Cl)c1ccc(Cl)cc12.